The van der Waals surface area contributed by atoms with Crippen LogP contribution in [0, 0.1) is 0 Å². The number of nitrogens with zero attached hydrogens (tertiary/aromatic N) is 1. The van der Waals surface area contributed by atoms with Crippen LogP contribution >= 0.6 is 0 Å². The molecule has 0 fully saturated rings. The number of carbonyl (C=O) groups excluding carboxylic acids is 2. The second-order valence-electron chi connectivity index (χ2n) is 14.8. The summed E-state index contributed by atoms with van der Waals surface area (Å²) in [7, 11) is 0. The zero-order valence-corrected chi connectivity index (χ0v) is 32.6. The third-order valence-electron chi connectivity index (χ3n) is 9.90. The van der Waals surface area contributed by atoms with E-state index in [4.69, 9.17) is 0 Å². The number of hydrogen-bond donors (Lipinski definition) is 3. The van der Waals surface area contributed by atoms with E-state index in [1.54, 1.807) is 0 Å². The van der Waals surface area contributed by atoms with Crippen LogP contribution < -0.4 is 10.6 Å². The first-order valence-electron chi connectivity index (χ1n) is 21.6. The highest BCUT2D eigenvalue weighted by atomic mass is 16.5. The molecule has 48 heavy (non-hydrogen) atoms. The molecule has 0 aliphatic carbocycles. The minimum atomic E-state index is -0.0250. The molecule has 0 aromatic carbocycles. The summed E-state index contributed by atoms with van der Waals surface area (Å²) < 4.78 is 0. The Morgan fingerprint density at radius 2 is 0.583 bits per heavy atom. The van der Waals surface area contributed by atoms with E-state index in [0.29, 0.717) is 13.1 Å². The van der Waals surface area contributed by atoms with Crippen molar-refractivity contribution in [3.63, 3.8) is 0 Å². The van der Waals surface area contributed by atoms with Crippen molar-refractivity contribution >= 4 is 11.8 Å². The number of nitrogens with one attached hydrogen (secondary N) is 2. The van der Waals surface area contributed by atoms with Gasteiger partial charge in [-0.05, 0) is 12.8 Å². The molecular weight excluding hydrogens is 594 g/mol. The summed E-state index contributed by atoms with van der Waals surface area (Å²) in [6, 6.07) is 0. The molecule has 0 saturated heterocycles. The second-order valence-corrected chi connectivity index (χ2v) is 14.8. The first-order valence-corrected chi connectivity index (χ1v) is 21.6. The van der Waals surface area contributed by atoms with Crippen LogP contribution in [0.3, 0.4) is 0 Å². The molecule has 2 amide bonds. The SMILES string of the molecule is CCCCCCCCCCCCCCCCCCNC(=O)CCN(O)CCC(=O)NCCCCCCCCCCCCCCCCCC. The zero-order valence-electron chi connectivity index (χ0n) is 32.6. The average molecular weight is 680 g/mol. The fourth-order valence-electron chi connectivity index (χ4n) is 6.55. The molecule has 0 aromatic rings. The molecule has 0 bridgehead atoms. The van der Waals surface area contributed by atoms with Crippen LogP contribution in [-0.4, -0.2) is 48.3 Å². The van der Waals surface area contributed by atoms with Crippen molar-refractivity contribution in [3.8, 4) is 0 Å². The zero-order chi connectivity index (χ0) is 35.0. The minimum absolute atomic E-state index is 0.0250. The fourth-order valence-corrected chi connectivity index (χ4v) is 6.55. The molecule has 286 valence electrons. The summed E-state index contributed by atoms with van der Waals surface area (Å²) in [6.45, 7) is 6.51. The fraction of sp³-hybridized carbons (Fsp3) is 0.952. The van der Waals surface area contributed by atoms with Gasteiger partial charge in [0.05, 0.1) is 0 Å². The van der Waals surface area contributed by atoms with Gasteiger partial charge in [0.25, 0.3) is 0 Å². The van der Waals surface area contributed by atoms with E-state index in [1.165, 1.54) is 193 Å². The molecule has 0 heterocycles. The van der Waals surface area contributed by atoms with Gasteiger partial charge in [0, 0.05) is 39.0 Å². The summed E-state index contributed by atoms with van der Waals surface area (Å²) in [5.74, 6) is -0.0501. The van der Waals surface area contributed by atoms with Gasteiger partial charge in [-0.25, -0.2) is 0 Å². The number of hydroxylamine groups is 2. The Morgan fingerprint density at radius 3 is 0.812 bits per heavy atom. The van der Waals surface area contributed by atoms with Crippen molar-refractivity contribution in [3.05, 3.63) is 0 Å². The number of rotatable bonds is 40. The molecule has 0 aliphatic heterocycles. The van der Waals surface area contributed by atoms with Gasteiger partial charge in [-0.2, -0.15) is 5.06 Å². The average Bonchev–Trinajstić information content (AvgIpc) is 3.09. The second kappa shape index (κ2) is 40.3. The smallest absolute Gasteiger partial charge is 0.221 e. The first-order chi connectivity index (χ1) is 23.6. The number of carbonyl (C=O) groups is 2. The summed E-state index contributed by atoms with van der Waals surface area (Å²) in [5.41, 5.74) is 0. The summed E-state index contributed by atoms with van der Waals surface area (Å²) in [5, 5.41) is 17.1. The van der Waals surface area contributed by atoms with Crippen molar-refractivity contribution in [1.82, 2.24) is 15.7 Å². The van der Waals surface area contributed by atoms with Crippen LogP contribution in [0.25, 0.3) is 0 Å². The van der Waals surface area contributed by atoms with E-state index < -0.39 is 0 Å². The molecule has 6 heteroatoms. The molecule has 0 aromatic heterocycles. The lowest BCUT2D eigenvalue weighted by molar-refractivity contribution is -0.131. The van der Waals surface area contributed by atoms with Crippen molar-refractivity contribution < 1.29 is 14.8 Å². The standard InChI is InChI=1S/C42H85N3O3/c1-3-5-7-9-11-13-15-17-19-21-23-25-27-29-31-33-37-43-41(46)35-39-45(48)40-36-42(47)44-38-34-32-30-28-26-24-22-20-18-16-14-12-10-8-6-4-2/h48H,3-40H2,1-2H3,(H,43,46)(H,44,47). The number of hydrogen-bond acceptors (Lipinski definition) is 4. The van der Waals surface area contributed by atoms with Gasteiger partial charge in [0.1, 0.15) is 0 Å². The highest BCUT2D eigenvalue weighted by molar-refractivity contribution is 5.76. The lowest BCUT2D eigenvalue weighted by atomic mass is 10.0. The van der Waals surface area contributed by atoms with E-state index in [-0.39, 0.29) is 37.7 Å². The number of amides is 2. The predicted octanol–water partition coefficient (Wildman–Crippen LogP) is 12.2. The highest BCUT2D eigenvalue weighted by Gasteiger charge is 2.08. The van der Waals surface area contributed by atoms with Gasteiger partial charge in [0.2, 0.25) is 11.8 Å². The van der Waals surface area contributed by atoms with Crippen LogP contribution in [0.5, 0.6) is 0 Å². The Balaban J connectivity index is 3.36. The van der Waals surface area contributed by atoms with Crippen LogP contribution in [-0.2, 0) is 9.59 Å². The highest BCUT2D eigenvalue weighted by Crippen LogP contribution is 2.15. The molecular formula is C42H85N3O3. The lowest BCUT2D eigenvalue weighted by Crippen LogP contribution is -2.33. The van der Waals surface area contributed by atoms with Gasteiger partial charge >= 0.3 is 0 Å². The maximum Gasteiger partial charge on any atom is 0.221 e. The molecule has 0 aliphatic rings. The first kappa shape index (κ1) is 46.9. The molecule has 0 unspecified atom stereocenters. The summed E-state index contributed by atoms with van der Waals surface area (Å²) in [6.07, 6.45) is 43.6. The summed E-state index contributed by atoms with van der Waals surface area (Å²) in [4.78, 5) is 24.2. The molecule has 0 spiro atoms. The Morgan fingerprint density at radius 1 is 0.375 bits per heavy atom. The van der Waals surface area contributed by atoms with Gasteiger partial charge in [-0.3, -0.25) is 9.59 Å². The van der Waals surface area contributed by atoms with E-state index in [1.807, 2.05) is 0 Å². The molecule has 0 atom stereocenters. The molecule has 0 radical (unpaired) electrons. The Kier molecular flexibility index (Phi) is 39.3. The van der Waals surface area contributed by atoms with Crippen molar-refractivity contribution in [2.75, 3.05) is 26.2 Å². The van der Waals surface area contributed by atoms with Gasteiger partial charge < -0.3 is 15.8 Å². The predicted molar refractivity (Wildman–Crippen MR) is 208 cm³/mol. The van der Waals surface area contributed by atoms with Crippen LogP contribution in [0.4, 0.5) is 0 Å². The Bertz CT molecular complexity index is 606. The normalized spacial score (nSPS) is 11.4. The van der Waals surface area contributed by atoms with Crippen LogP contribution in [0.2, 0.25) is 0 Å². The summed E-state index contributed by atoms with van der Waals surface area (Å²) >= 11 is 0. The topological polar surface area (TPSA) is 81.7 Å². The lowest BCUT2D eigenvalue weighted by Gasteiger charge is -2.14. The van der Waals surface area contributed by atoms with Gasteiger partial charge in [0.15, 0.2) is 0 Å². The largest absolute Gasteiger partial charge is 0.356 e. The van der Waals surface area contributed by atoms with Crippen molar-refractivity contribution in [2.24, 2.45) is 0 Å². The van der Waals surface area contributed by atoms with E-state index in [9.17, 15) is 14.8 Å². The van der Waals surface area contributed by atoms with Crippen molar-refractivity contribution in [1.29, 1.82) is 0 Å². The van der Waals surface area contributed by atoms with Gasteiger partial charge in [-0.15, -0.1) is 0 Å². The third kappa shape index (κ3) is 39.3. The quantitative estimate of drug-likeness (QED) is 0.0445. The minimum Gasteiger partial charge on any atom is -0.356 e. The van der Waals surface area contributed by atoms with Gasteiger partial charge in [-0.1, -0.05) is 206 Å². The maximum atomic E-state index is 12.1. The molecule has 0 saturated carbocycles. The number of unbranched alkanes of at least 4 members (excludes halogenated alkanes) is 30. The molecule has 0 rings (SSSR count). The Labute approximate surface area is 300 Å². The molecule has 3 N–H and O–H groups in total. The third-order valence-corrected chi connectivity index (χ3v) is 9.90. The monoisotopic (exact) mass is 680 g/mol. The van der Waals surface area contributed by atoms with Crippen molar-refractivity contribution in [2.45, 2.75) is 232 Å². The van der Waals surface area contributed by atoms with E-state index in [0.717, 1.165) is 17.9 Å². The Hall–Kier alpha value is -1.14. The molecule has 6 nitrogen and oxygen atoms in total. The maximum absolute atomic E-state index is 12.1. The van der Waals surface area contributed by atoms with Crippen LogP contribution in [0.15, 0.2) is 0 Å². The van der Waals surface area contributed by atoms with Crippen LogP contribution in [0.1, 0.15) is 232 Å². The van der Waals surface area contributed by atoms with E-state index >= 15 is 0 Å². The van der Waals surface area contributed by atoms with E-state index in [2.05, 4.69) is 24.5 Å².